The molecule has 1 aliphatic rings. The van der Waals surface area contributed by atoms with Crippen LogP contribution in [0.4, 0.5) is 0 Å². The minimum absolute atomic E-state index is 0.0256. The van der Waals surface area contributed by atoms with Crippen LogP contribution in [0.3, 0.4) is 0 Å². The Balaban J connectivity index is 1.77. The molecule has 1 unspecified atom stereocenters. The minimum Gasteiger partial charge on any atom is -0.483 e. The molecule has 0 bridgehead atoms. The van der Waals surface area contributed by atoms with Crippen LogP contribution in [0.25, 0.3) is 0 Å². The number of nitrogens with zero attached hydrogens (tertiary/aromatic N) is 1. The zero-order valence-electron chi connectivity index (χ0n) is 12.2. The first-order valence-corrected chi connectivity index (χ1v) is 7.44. The molecule has 1 aliphatic heterocycles. The van der Waals surface area contributed by atoms with Crippen molar-refractivity contribution >= 4 is 23.1 Å². The summed E-state index contributed by atoms with van der Waals surface area (Å²) in [6.07, 6.45) is 1.13. The molecule has 21 heavy (non-hydrogen) atoms. The van der Waals surface area contributed by atoms with Crippen LogP contribution >= 0.6 is 12.2 Å². The van der Waals surface area contributed by atoms with Crippen LogP contribution in [-0.2, 0) is 4.79 Å². The Labute approximate surface area is 130 Å². The molecule has 1 fully saturated rings. The van der Waals surface area contributed by atoms with E-state index in [1.807, 2.05) is 12.1 Å². The fraction of sp³-hybridized carbons (Fsp3) is 0.467. The Kier molecular flexibility index (Phi) is 5.52. The highest BCUT2D eigenvalue weighted by Gasteiger charge is 2.19. The summed E-state index contributed by atoms with van der Waals surface area (Å²) < 4.78 is 5.51. The highest BCUT2D eigenvalue weighted by atomic mass is 32.1. The van der Waals surface area contributed by atoms with Crippen LogP contribution in [0.5, 0.6) is 5.75 Å². The Hall–Kier alpha value is -1.66. The van der Waals surface area contributed by atoms with Gasteiger partial charge in [-0.25, -0.2) is 0 Å². The second-order valence-corrected chi connectivity index (χ2v) is 5.81. The molecule has 1 aromatic rings. The quantitative estimate of drug-likeness (QED) is 0.760. The fourth-order valence-corrected chi connectivity index (χ4v) is 2.61. The lowest BCUT2D eigenvalue weighted by atomic mass is 10.1. The number of nitrogens with one attached hydrogen (secondary N) is 1. The average molecular weight is 307 g/mol. The van der Waals surface area contributed by atoms with E-state index in [0.29, 0.717) is 23.8 Å². The third-order valence-corrected chi connectivity index (χ3v) is 3.81. The topological polar surface area (TPSA) is 67.6 Å². The van der Waals surface area contributed by atoms with Gasteiger partial charge in [0.25, 0.3) is 5.91 Å². The summed E-state index contributed by atoms with van der Waals surface area (Å²) in [5, 5.41) is 2.91. The number of carbonyl (C=O) groups is 1. The molecule has 1 atom stereocenters. The van der Waals surface area contributed by atoms with Gasteiger partial charge in [-0.1, -0.05) is 24.4 Å². The summed E-state index contributed by atoms with van der Waals surface area (Å²) in [6, 6.07) is 7.19. The Bertz CT molecular complexity index is 521. The van der Waals surface area contributed by atoms with Gasteiger partial charge in [0.1, 0.15) is 10.7 Å². The average Bonchev–Trinajstić information content (AvgIpc) is 2.88. The number of amides is 1. The van der Waals surface area contributed by atoms with Crippen LogP contribution in [-0.4, -0.2) is 49.1 Å². The fourth-order valence-electron chi connectivity index (χ4n) is 2.44. The number of hydrogen-bond donors (Lipinski definition) is 2. The van der Waals surface area contributed by atoms with Crippen LogP contribution < -0.4 is 15.8 Å². The van der Waals surface area contributed by atoms with E-state index in [1.165, 1.54) is 0 Å². The first kappa shape index (κ1) is 15.7. The lowest BCUT2D eigenvalue weighted by molar-refractivity contribution is -0.123. The largest absolute Gasteiger partial charge is 0.483 e. The van der Waals surface area contributed by atoms with E-state index >= 15 is 0 Å². The Morgan fingerprint density at radius 1 is 1.52 bits per heavy atom. The van der Waals surface area contributed by atoms with E-state index < -0.39 is 0 Å². The van der Waals surface area contributed by atoms with Crippen molar-refractivity contribution < 1.29 is 9.53 Å². The number of rotatable bonds is 6. The molecular weight excluding hydrogens is 286 g/mol. The van der Waals surface area contributed by atoms with E-state index in [2.05, 4.69) is 17.3 Å². The maximum atomic E-state index is 11.8. The first-order valence-electron chi connectivity index (χ1n) is 7.03. The number of nitrogens with two attached hydrogens (primary N) is 1. The number of ether oxygens (including phenoxy) is 1. The van der Waals surface area contributed by atoms with Crippen molar-refractivity contribution in [3.8, 4) is 5.75 Å². The summed E-state index contributed by atoms with van der Waals surface area (Å²) >= 11 is 4.96. The van der Waals surface area contributed by atoms with Gasteiger partial charge in [-0.15, -0.1) is 0 Å². The lowest BCUT2D eigenvalue weighted by Crippen LogP contribution is -2.34. The predicted octanol–water partition coefficient (Wildman–Crippen LogP) is 0.768. The summed E-state index contributed by atoms with van der Waals surface area (Å²) in [7, 11) is 2.09. The molecular formula is C15H21N3O2S. The summed E-state index contributed by atoms with van der Waals surface area (Å²) in [6.45, 7) is 2.80. The molecule has 0 aliphatic carbocycles. The Morgan fingerprint density at radius 3 is 2.95 bits per heavy atom. The van der Waals surface area contributed by atoms with Gasteiger partial charge in [-0.05, 0) is 38.1 Å². The van der Waals surface area contributed by atoms with Crippen LogP contribution in [0.1, 0.15) is 12.0 Å². The molecule has 6 heteroatoms. The second-order valence-electron chi connectivity index (χ2n) is 5.37. The highest BCUT2D eigenvalue weighted by molar-refractivity contribution is 7.80. The summed E-state index contributed by atoms with van der Waals surface area (Å²) in [4.78, 5) is 14.4. The molecule has 0 saturated carbocycles. The standard InChI is InChI=1S/C15H21N3O2S/c1-18-7-6-11(9-18)8-17-14(19)10-20-13-5-3-2-4-12(13)15(16)21/h2-5,11H,6-10H2,1H3,(H2,16,21)(H,17,19). The van der Waals surface area contributed by atoms with E-state index in [-0.39, 0.29) is 17.5 Å². The van der Waals surface area contributed by atoms with Crippen LogP contribution in [0.15, 0.2) is 24.3 Å². The molecule has 1 heterocycles. The van der Waals surface area contributed by atoms with Crippen LogP contribution in [0, 0.1) is 5.92 Å². The number of thiocarbonyl (C=S) groups is 1. The van der Waals surface area contributed by atoms with Crippen molar-refractivity contribution in [2.75, 3.05) is 33.3 Å². The van der Waals surface area contributed by atoms with Gasteiger partial charge >= 0.3 is 0 Å². The van der Waals surface area contributed by atoms with E-state index in [9.17, 15) is 4.79 Å². The summed E-state index contributed by atoms with van der Waals surface area (Å²) in [5.41, 5.74) is 6.27. The number of carbonyl (C=O) groups excluding carboxylic acids is 1. The molecule has 0 spiro atoms. The third-order valence-electron chi connectivity index (χ3n) is 3.59. The zero-order chi connectivity index (χ0) is 15.2. The molecule has 1 saturated heterocycles. The van der Waals surface area contributed by atoms with E-state index in [0.717, 1.165) is 19.5 Å². The molecule has 1 amide bonds. The molecule has 1 aromatic carbocycles. The maximum Gasteiger partial charge on any atom is 0.257 e. The van der Waals surface area contributed by atoms with Crippen molar-refractivity contribution in [3.63, 3.8) is 0 Å². The Morgan fingerprint density at radius 2 is 2.29 bits per heavy atom. The minimum atomic E-state index is -0.123. The molecule has 0 radical (unpaired) electrons. The predicted molar refractivity (Wildman–Crippen MR) is 86.4 cm³/mol. The number of hydrogen-bond acceptors (Lipinski definition) is 4. The van der Waals surface area contributed by atoms with Gasteiger partial charge in [0.05, 0.1) is 5.56 Å². The molecule has 114 valence electrons. The van der Waals surface area contributed by atoms with Gasteiger partial charge in [0, 0.05) is 13.1 Å². The van der Waals surface area contributed by atoms with Gasteiger partial charge in [0.15, 0.2) is 6.61 Å². The van der Waals surface area contributed by atoms with Gasteiger partial charge in [0.2, 0.25) is 0 Å². The number of benzene rings is 1. The molecule has 3 N–H and O–H groups in total. The second kappa shape index (κ2) is 7.38. The lowest BCUT2D eigenvalue weighted by Gasteiger charge is -2.13. The SMILES string of the molecule is CN1CCC(CNC(=O)COc2ccccc2C(N)=S)C1. The summed E-state index contributed by atoms with van der Waals surface area (Å²) in [5.74, 6) is 0.950. The van der Waals surface area contributed by atoms with Crippen molar-refractivity contribution in [1.29, 1.82) is 0 Å². The normalized spacial score (nSPS) is 18.4. The van der Waals surface area contributed by atoms with Crippen molar-refractivity contribution in [2.45, 2.75) is 6.42 Å². The number of para-hydroxylation sites is 1. The smallest absolute Gasteiger partial charge is 0.257 e. The van der Waals surface area contributed by atoms with Crippen molar-refractivity contribution in [2.24, 2.45) is 11.7 Å². The maximum absolute atomic E-state index is 11.8. The number of likely N-dealkylation sites (tertiary alicyclic amines) is 1. The van der Waals surface area contributed by atoms with Gasteiger partial charge < -0.3 is 20.7 Å². The first-order chi connectivity index (χ1) is 10.1. The van der Waals surface area contributed by atoms with Crippen molar-refractivity contribution in [3.05, 3.63) is 29.8 Å². The van der Waals surface area contributed by atoms with Crippen molar-refractivity contribution in [1.82, 2.24) is 10.2 Å². The van der Waals surface area contributed by atoms with Crippen LogP contribution in [0.2, 0.25) is 0 Å². The molecule has 2 rings (SSSR count). The van der Waals surface area contributed by atoms with Gasteiger partial charge in [-0.3, -0.25) is 4.79 Å². The zero-order valence-corrected chi connectivity index (χ0v) is 13.0. The van der Waals surface area contributed by atoms with Gasteiger partial charge in [-0.2, -0.15) is 0 Å². The molecule has 5 nitrogen and oxygen atoms in total. The monoisotopic (exact) mass is 307 g/mol. The highest BCUT2D eigenvalue weighted by Crippen LogP contribution is 2.17. The third kappa shape index (κ3) is 4.68. The van der Waals surface area contributed by atoms with E-state index in [4.69, 9.17) is 22.7 Å². The molecule has 0 aromatic heterocycles. The van der Waals surface area contributed by atoms with E-state index in [1.54, 1.807) is 12.1 Å².